The van der Waals surface area contributed by atoms with E-state index in [1.165, 1.54) is 12.1 Å². The van der Waals surface area contributed by atoms with Gasteiger partial charge in [0.25, 0.3) is 0 Å². The van der Waals surface area contributed by atoms with Crippen molar-refractivity contribution in [2.75, 3.05) is 0 Å². The molecule has 0 spiro atoms. The van der Waals surface area contributed by atoms with Crippen LogP contribution in [0.1, 0.15) is 5.56 Å². The molecule has 0 saturated carbocycles. The van der Waals surface area contributed by atoms with Crippen LogP contribution in [-0.2, 0) is 0 Å². The van der Waals surface area contributed by atoms with Gasteiger partial charge in [-0.05, 0) is 12.1 Å². The molecule has 2 N–H and O–H groups in total. The second kappa shape index (κ2) is 3.03. The number of nitriles is 1. The van der Waals surface area contributed by atoms with Crippen molar-refractivity contribution in [3.05, 3.63) is 34.2 Å². The van der Waals surface area contributed by atoms with Crippen LogP contribution in [0, 0.1) is 11.3 Å². The smallest absolute Gasteiger partial charge is 0.354 e. The van der Waals surface area contributed by atoms with Gasteiger partial charge in [0.2, 0.25) is 0 Å². The summed E-state index contributed by atoms with van der Waals surface area (Å²) in [6, 6.07) is 5.30. The van der Waals surface area contributed by atoms with Gasteiger partial charge in [0.15, 0.2) is 11.5 Å². The van der Waals surface area contributed by atoms with E-state index in [0.29, 0.717) is 5.39 Å². The van der Waals surface area contributed by atoms with E-state index in [-0.39, 0.29) is 22.6 Å². The van der Waals surface area contributed by atoms with Crippen molar-refractivity contribution in [1.82, 2.24) is 0 Å². The summed E-state index contributed by atoms with van der Waals surface area (Å²) in [5, 5.41) is 27.3. The summed E-state index contributed by atoms with van der Waals surface area (Å²) in [6.07, 6.45) is 0. The molecule has 2 rings (SSSR count). The average molecular weight is 203 g/mol. The molecule has 15 heavy (non-hydrogen) atoms. The van der Waals surface area contributed by atoms with Crippen molar-refractivity contribution in [3.8, 4) is 17.6 Å². The lowest BCUT2D eigenvalue weighted by molar-refractivity contribution is 0.403. The second-order valence-electron chi connectivity index (χ2n) is 2.94. The van der Waals surface area contributed by atoms with Gasteiger partial charge in [-0.1, -0.05) is 0 Å². The number of hydrogen-bond donors (Lipinski definition) is 2. The predicted molar refractivity (Wildman–Crippen MR) is 50.5 cm³/mol. The lowest BCUT2D eigenvalue weighted by Gasteiger charge is -2.00. The lowest BCUT2D eigenvalue weighted by Crippen LogP contribution is -2.02. The van der Waals surface area contributed by atoms with E-state index < -0.39 is 5.63 Å². The van der Waals surface area contributed by atoms with Crippen LogP contribution in [0.5, 0.6) is 11.5 Å². The predicted octanol–water partition coefficient (Wildman–Crippen LogP) is 1.08. The summed E-state index contributed by atoms with van der Waals surface area (Å²) >= 11 is 0. The summed E-state index contributed by atoms with van der Waals surface area (Å²) in [4.78, 5) is 11.1. The minimum Gasteiger partial charge on any atom is -0.504 e. The quantitative estimate of drug-likeness (QED) is 0.493. The van der Waals surface area contributed by atoms with E-state index in [1.807, 2.05) is 0 Å². The Bertz CT molecular complexity index is 636. The van der Waals surface area contributed by atoms with Gasteiger partial charge in [0.05, 0.1) is 0 Å². The van der Waals surface area contributed by atoms with Crippen LogP contribution < -0.4 is 5.63 Å². The molecule has 74 valence electrons. The van der Waals surface area contributed by atoms with E-state index in [9.17, 15) is 9.90 Å². The number of benzene rings is 1. The van der Waals surface area contributed by atoms with Gasteiger partial charge in [-0.3, -0.25) is 0 Å². The summed E-state index contributed by atoms with van der Waals surface area (Å²) in [7, 11) is 0. The maximum atomic E-state index is 11.1. The third-order valence-corrected chi connectivity index (χ3v) is 1.95. The molecule has 1 aromatic heterocycles. The van der Waals surface area contributed by atoms with Crippen molar-refractivity contribution < 1.29 is 14.6 Å². The first-order valence-electron chi connectivity index (χ1n) is 4.02. The summed E-state index contributed by atoms with van der Waals surface area (Å²) < 4.78 is 4.77. The van der Waals surface area contributed by atoms with Crippen molar-refractivity contribution in [3.63, 3.8) is 0 Å². The first-order chi connectivity index (χ1) is 7.11. The zero-order valence-electron chi connectivity index (χ0n) is 7.39. The molecular formula is C10H5NO4. The fraction of sp³-hybridized carbons (Fsp3) is 0. The molecule has 2 aromatic rings. The first kappa shape index (κ1) is 9.09. The molecule has 1 aromatic carbocycles. The van der Waals surface area contributed by atoms with Gasteiger partial charge >= 0.3 is 5.63 Å². The summed E-state index contributed by atoms with van der Waals surface area (Å²) in [5.41, 5.74) is -0.794. The number of nitrogens with zero attached hydrogens (tertiary/aromatic N) is 1. The highest BCUT2D eigenvalue weighted by Gasteiger charge is 2.08. The van der Waals surface area contributed by atoms with E-state index in [2.05, 4.69) is 0 Å². The van der Waals surface area contributed by atoms with Crippen molar-refractivity contribution in [1.29, 1.82) is 5.26 Å². The van der Waals surface area contributed by atoms with Gasteiger partial charge in [-0.2, -0.15) is 5.26 Å². The van der Waals surface area contributed by atoms with E-state index >= 15 is 0 Å². The van der Waals surface area contributed by atoms with E-state index in [4.69, 9.17) is 14.8 Å². The van der Waals surface area contributed by atoms with Crippen LogP contribution in [-0.4, -0.2) is 10.2 Å². The van der Waals surface area contributed by atoms with Gasteiger partial charge < -0.3 is 14.6 Å². The van der Waals surface area contributed by atoms with Crippen LogP contribution in [0.4, 0.5) is 0 Å². The van der Waals surface area contributed by atoms with Gasteiger partial charge in [-0.15, -0.1) is 0 Å². The van der Waals surface area contributed by atoms with Crippen LogP contribution in [0.3, 0.4) is 0 Å². The highest BCUT2D eigenvalue weighted by atomic mass is 16.4. The third-order valence-electron chi connectivity index (χ3n) is 1.95. The minimum atomic E-state index is -0.768. The first-order valence-corrected chi connectivity index (χ1v) is 4.02. The van der Waals surface area contributed by atoms with Crippen LogP contribution in [0.25, 0.3) is 11.0 Å². The number of rotatable bonds is 0. The summed E-state index contributed by atoms with van der Waals surface area (Å²) in [6.45, 7) is 0. The normalized spacial score (nSPS) is 10.1. The van der Waals surface area contributed by atoms with Crippen molar-refractivity contribution in [2.45, 2.75) is 0 Å². The van der Waals surface area contributed by atoms with Crippen LogP contribution in [0.2, 0.25) is 0 Å². The number of hydrogen-bond acceptors (Lipinski definition) is 5. The van der Waals surface area contributed by atoms with Crippen LogP contribution in [0.15, 0.2) is 27.4 Å². The Balaban J connectivity index is 2.90. The SMILES string of the molecule is N#Cc1cc2cc(O)c(O)cc2oc1=O. The number of phenols is 2. The third kappa shape index (κ3) is 1.38. The molecule has 0 aliphatic heterocycles. The Kier molecular flexibility index (Phi) is 1.83. The summed E-state index contributed by atoms with van der Waals surface area (Å²) in [5.74, 6) is -0.712. The Morgan fingerprint density at radius 3 is 2.53 bits per heavy atom. The maximum Gasteiger partial charge on any atom is 0.354 e. The molecule has 0 aliphatic rings. The number of aromatic hydroxyl groups is 2. The maximum absolute atomic E-state index is 11.1. The fourth-order valence-electron chi connectivity index (χ4n) is 1.22. The minimum absolute atomic E-state index is 0.120. The average Bonchev–Trinajstić information content (AvgIpc) is 2.20. The zero-order chi connectivity index (χ0) is 11.0. The Morgan fingerprint density at radius 1 is 1.20 bits per heavy atom. The highest BCUT2D eigenvalue weighted by Crippen LogP contribution is 2.29. The molecule has 0 bridgehead atoms. The molecule has 1 heterocycles. The zero-order valence-corrected chi connectivity index (χ0v) is 7.39. The van der Waals surface area contributed by atoms with Gasteiger partial charge in [-0.25, -0.2) is 4.79 Å². The topological polar surface area (TPSA) is 94.5 Å². The molecule has 0 aliphatic carbocycles. The highest BCUT2D eigenvalue weighted by molar-refractivity contribution is 5.81. The lowest BCUT2D eigenvalue weighted by atomic mass is 10.2. The molecule has 0 unspecified atom stereocenters. The molecule has 5 nitrogen and oxygen atoms in total. The van der Waals surface area contributed by atoms with Gasteiger partial charge in [0, 0.05) is 11.5 Å². The standard InChI is InChI=1S/C10H5NO4/c11-4-6-1-5-2-7(12)8(13)3-9(5)15-10(6)14/h1-3,12-13H. The number of phenolic OH excluding ortho intramolecular Hbond substituents is 2. The van der Waals surface area contributed by atoms with Crippen LogP contribution >= 0.6 is 0 Å². The van der Waals surface area contributed by atoms with Crippen molar-refractivity contribution in [2.24, 2.45) is 0 Å². The molecule has 0 radical (unpaired) electrons. The second-order valence-corrected chi connectivity index (χ2v) is 2.94. The van der Waals surface area contributed by atoms with Gasteiger partial charge in [0.1, 0.15) is 17.2 Å². The van der Waals surface area contributed by atoms with Crippen molar-refractivity contribution >= 4 is 11.0 Å². The monoisotopic (exact) mass is 203 g/mol. The molecule has 0 atom stereocenters. The van der Waals surface area contributed by atoms with E-state index in [1.54, 1.807) is 6.07 Å². The number of fused-ring (bicyclic) bond motifs is 1. The van der Waals surface area contributed by atoms with E-state index in [0.717, 1.165) is 6.07 Å². The largest absolute Gasteiger partial charge is 0.504 e. The molecule has 0 amide bonds. The molecule has 0 saturated heterocycles. The fourth-order valence-corrected chi connectivity index (χ4v) is 1.22. The Labute approximate surface area is 83.4 Å². The molecular weight excluding hydrogens is 198 g/mol. The Morgan fingerprint density at radius 2 is 1.87 bits per heavy atom. The molecule has 5 heteroatoms. The molecule has 0 fully saturated rings. The Hall–Kier alpha value is -2.48.